The first-order valence-corrected chi connectivity index (χ1v) is 7.28. The number of hydrogen-bond donors (Lipinski definition) is 1. The van der Waals surface area contributed by atoms with Gasteiger partial charge in [-0.1, -0.05) is 31.2 Å². The smallest absolute Gasteiger partial charge is 0.168 e. The maximum absolute atomic E-state index is 5.71. The maximum atomic E-state index is 5.71. The van der Waals surface area contributed by atoms with Crippen LogP contribution in [0.15, 0.2) is 42.6 Å². The minimum Gasteiger partial charge on any atom is -0.490 e. The second-order valence-corrected chi connectivity index (χ2v) is 5.18. The van der Waals surface area contributed by atoms with E-state index in [2.05, 4.69) is 41.5 Å². The van der Waals surface area contributed by atoms with Crippen molar-refractivity contribution in [2.24, 2.45) is 0 Å². The van der Waals surface area contributed by atoms with E-state index in [9.17, 15) is 0 Å². The van der Waals surface area contributed by atoms with Gasteiger partial charge in [-0.3, -0.25) is 0 Å². The van der Waals surface area contributed by atoms with Gasteiger partial charge in [-0.05, 0) is 36.1 Å². The Balaban J connectivity index is 1.62. The lowest BCUT2D eigenvalue weighted by Gasteiger charge is -2.30. The molecule has 1 atom stereocenters. The first-order chi connectivity index (χ1) is 9.88. The summed E-state index contributed by atoms with van der Waals surface area (Å²) in [5, 5.41) is 3.43. The summed E-state index contributed by atoms with van der Waals surface area (Å²) < 4.78 is 5.71. The average molecular weight is 268 g/mol. The molecule has 1 N–H and O–H groups in total. The lowest BCUT2D eigenvalue weighted by molar-refractivity contribution is 0.317. The van der Waals surface area contributed by atoms with Gasteiger partial charge in [0.25, 0.3) is 0 Å². The second kappa shape index (κ2) is 5.95. The highest BCUT2D eigenvalue weighted by Gasteiger charge is 2.25. The Labute approximate surface area is 120 Å². The Morgan fingerprint density at radius 3 is 3.00 bits per heavy atom. The van der Waals surface area contributed by atoms with Gasteiger partial charge < -0.3 is 10.1 Å². The molecule has 0 radical (unpaired) electrons. The topological polar surface area (TPSA) is 34.1 Å². The largest absolute Gasteiger partial charge is 0.490 e. The number of benzene rings is 1. The van der Waals surface area contributed by atoms with Crippen molar-refractivity contribution in [1.29, 1.82) is 0 Å². The molecule has 3 nitrogen and oxygen atoms in total. The van der Waals surface area contributed by atoms with Crippen LogP contribution < -0.4 is 10.1 Å². The van der Waals surface area contributed by atoms with Crippen LogP contribution in [0, 0.1) is 0 Å². The number of rotatable bonds is 6. The summed E-state index contributed by atoms with van der Waals surface area (Å²) in [5.41, 5.74) is 2.94. The molecular weight excluding hydrogens is 248 g/mol. The standard InChI is InChI=1S/C17H20N2O/c1-2-10-20-16-8-5-9-18-17(16)19-12-14-11-13-6-3-4-7-15(13)14/h3-9,14H,2,10-12H2,1H3,(H,18,19). The maximum Gasteiger partial charge on any atom is 0.168 e. The molecule has 1 heterocycles. The molecule has 2 aromatic rings. The molecule has 0 aliphatic heterocycles. The van der Waals surface area contributed by atoms with Crippen LogP contribution in [0.4, 0.5) is 5.82 Å². The number of hydrogen-bond acceptors (Lipinski definition) is 3. The van der Waals surface area contributed by atoms with E-state index in [0.29, 0.717) is 5.92 Å². The molecule has 0 spiro atoms. The summed E-state index contributed by atoms with van der Waals surface area (Å²) in [5.74, 6) is 2.29. The molecule has 1 aliphatic rings. The van der Waals surface area contributed by atoms with Crippen LogP contribution >= 0.6 is 0 Å². The van der Waals surface area contributed by atoms with Gasteiger partial charge in [-0.25, -0.2) is 4.98 Å². The van der Waals surface area contributed by atoms with Crippen LogP contribution in [-0.4, -0.2) is 18.1 Å². The SMILES string of the molecule is CCCOc1cccnc1NCC1Cc2ccccc21. The van der Waals surface area contributed by atoms with Crippen molar-refractivity contribution in [2.75, 3.05) is 18.5 Å². The molecule has 3 heteroatoms. The molecule has 20 heavy (non-hydrogen) atoms. The third-order valence-corrected chi connectivity index (χ3v) is 3.71. The summed E-state index contributed by atoms with van der Waals surface area (Å²) in [4.78, 5) is 4.38. The van der Waals surface area contributed by atoms with Crippen molar-refractivity contribution in [1.82, 2.24) is 4.98 Å². The number of nitrogens with one attached hydrogen (secondary N) is 1. The lowest BCUT2D eigenvalue weighted by atomic mass is 9.77. The van der Waals surface area contributed by atoms with Crippen LogP contribution in [0.3, 0.4) is 0 Å². The highest BCUT2D eigenvalue weighted by molar-refractivity contribution is 5.51. The van der Waals surface area contributed by atoms with E-state index in [1.165, 1.54) is 11.1 Å². The Kier molecular flexibility index (Phi) is 3.86. The van der Waals surface area contributed by atoms with E-state index in [-0.39, 0.29) is 0 Å². The number of fused-ring (bicyclic) bond motifs is 1. The third-order valence-electron chi connectivity index (χ3n) is 3.71. The van der Waals surface area contributed by atoms with Crippen molar-refractivity contribution in [3.8, 4) is 5.75 Å². The van der Waals surface area contributed by atoms with E-state index in [1.54, 1.807) is 6.20 Å². The molecule has 1 aromatic carbocycles. The van der Waals surface area contributed by atoms with Crippen molar-refractivity contribution in [2.45, 2.75) is 25.7 Å². The zero-order chi connectivity index (χ0) is 13.8. The number of pyridine rings is 1. The normalized spacial score (nSPS) is 16.1. The van der Waals surface area contributed by atoms with Crippen LogP contribution in [-0.2, 0) is 6.42 Å². The zero-order valence-electron chi connectivity index (χ0n) is 11.8. The van der Waals surface area contributed by atoms with E-state index >= 15 is 0 Å². The molecular formula is C17H20N2O. The minimum atomic E-state index is 0.590. The molecule has 0 bridgehead atoms. The summed E-state index contributed by atoms with van der Waals surface area (Å²) in [6.45, 7) is 3.75. The monoisotopic (exact) mass is 268 g/mol. The second-order valence-electron chi connectivity index (χ2n) is 5.18. The van der Waals surface area contributed by atoms with E-state index in [0.717, 1.165) is 37.6 Å². The van der Waals surface area contributed by atoms with Gasteiger partial charge in [-0.2, -0.15) is 0 Å². The Bertz CT molecular complexity index is 583. The van der Waals surface area contributed by atoms with Crippen molar-refractivity contribution in [3.05, 3.63) is 53.7 Å². The minimum absolute atomic E-state index is 0.590. The third kappa shape index (κ3) is 2.62. The summed E-state index contributed by atoms with van der Waals surface area (Å²) in [7, 11) is 0. The lowest BCUT2D eigenvalue weighted by Crippen LogP contribution is -2.24. The van der Waals surface area contributed by atoms with Crippen molar-refractivity contribution >= 4 is 5.82 Å². The number of nitrogens with zero attached hydrogens (tertiary/aromatic N) is 1. The summed E-state index contributed by atoms with van der Waals surface area (Å²) in [6.07, 6.45) is 3.96. The Hall–Kier alpha value is -2.03. The Morgan fingerprint density at radius 2 is 2.15 bits per heavy atom. The fraction of sp³-hybridized carbons (Fsp3) is 0.353. The van der Waals surface area contributed by atoms with Gasteiger partial charge in [0.05, 0.1) is 6.61 Å². The van der Waals surface area contributed by atoms with E-state index in [4.69, 9.17) is 4.74 Å². The molecule has 1 aliphatic carbocycles. The van der Waals surface area contributed by atoms with Gasteiger partial charge in [0.1, 0.15) is 0 Å². The van der Waals surface area contributed by atoms with E-state index in [1.807, 2.05) is 12.1 Å². The van der Waals surface area contributed by atoms with Gasteiger partial charge >= 0.3 is 0 Å². The van der Waals surface area contributed by atoms with Gasteiger partial charge in [0, 0.05) is 18.7 Å². The molecule has 0 fully saturated rings. The molecule has 1 aromatic heterocycles. The summed E-state index contributed by atoms with van der Waals surface area (Å²) >= 11 is 0. The average Bonchev–Trinajstić information content (AvgIpc) is 2.47. The zero-order valence-corrected chi connectivity index (χ0v) is 11.8. The Morgan fingerprint density at radius 1 is 1.25 bits per heavy atom. The predicted molar refractivity (Wildman–Crippen MR) is 81.4 cm³/mol. The molecule has 0 saturated carbocycles. The first kappa shape index (κ1) is 13.0. The first-order valence-electron chi connectivity index (χ1n) is 7.28. The van der Waals surface area contributed by atoms with Crippen LogP contribution in [0.5, 0.6) is 5.75 Å². The fourth-order valence-corrected chi connectivity index (χ4v) is 2.62. The van der Waals surface area contributed by atoms with Crippen LogP contribution in [0.2, 0.25) is 0 Å². The van der Waals surface area contributed by atoms with Crippen molar-refractivity contribution < 1.29 is 4.74 Å². The van der Waals surface area contributed by atoms with Gasteiger partial charge in [-0.15, -0.1) is 0 Å². The molecule has 1 unspecified atom stereocenters. The van der Waals surface area contributed by atoms with Gasteiger partial charge in [0.15, 0.2) is 11.6 Å². The molecule has 0 saturated heterocycles. The van der Waals surface area contributed by atoms with Crippen LogP contribution in [0.25, 0.3) is 0 Å². The highest BCUT2D eigenvalue weighted by Crippen LogP contribution is 2.35. The van der Waals surface area contributed by atoms with E-state index < -0.39 is 0 Å². The fourth-order valence-electron chi connectivity index (χ4n) is 2.62. The molecule has 0 amide bonds. The number of aromatic nitrogens is 1. The van der Waals surface area contributed by atoms with Crippen LogP contribution in [0.1, 0.15) is 30.4 Å². The molecule has 3 rings (SSSR count). The molecule has 104 valence electrons. The summed E-state index contributed by atoms with van der Waals surface area (Å²) in [6, 6.07) is 12.5. The highest BCUT2D eigenvalue weighted by atomic mass is 16.5. The quantitative estimate of drug-likeness (QED) is 0.868. The predicted octanol–water partition coefficient (Wildman–Crippen LogP) is 3.62. The number of ether oxygens (including phenoxy) is 1. The van der Waals surface area contributed by atoms with Gasteiger partial charge in [0.2, 0.25) is 0 Å². The number of anilines is 1. The van der Waals surface area contributed by atoms with Crippen molar-refractivity contribution in [3.63, 3.8) is 0 Å².